The van der Waals surface area contributed by atoms with Crippen molar-refractivity contribution in [2.24, 2.45) is 5.92 Å². The molecule has 2 N–H and O–H groups in total. The van der Waals surface area contributed by atoms with Gasteiger partial charge < -0.3 is 10.3 Å². The molecule has 1 amide bonds. The van der Waals surface area contributed by atoms with Gasteiger partial charge in [-0.1, -0.05) is 31.4 Å². The lowest BCUT2D eigenvalue weighted by Crippen LogP contribution is -2.47. The Balaban J connectivity index is 1.28. The van der Waals surface area contributed by atoms with E-state index < -0.39 is 0 Å². The second-order valence-corrected chi connectivity index (χ2v) is 8.71. The summed E-state index contributed by atoms with van der Waals surface area (Å²) in [6.07, 6.45) is 6.96. The third kappa shape index (κ3) is 4.46. The maximum Gasteiger partial charge on any atom is 0.234 e. The van der Waals surface area contributed by atoms with Crippen molar-refractivity contribution in [2.45, 2.75) is 57.4 Å². The summed E-state index contributed by atoms with van der Waals surface area (Å²) in [7, 11) is 0. The zero-order valence-electron chi connectivity index (χ0n) is 16.0. The number of aromatic nitrogens is 2. The summed E-state index contributed by atoms with van der Waals surface area (Å²) in [6, 6.07) is 6.14. The Bertz CT molecular complexity index is 797. The van der Waals surface area contributed by atoms with Gasteiger partial charge in [0.1, 0.15) is 5.82 Å². The molecule has 1 aromatic carbocycles. The van der Waals surface area contributed by atoms with Crippen LogP contribution < -0.4 is 5.32 Å². The Morgan fingerprint density at radius 1 is 1.26 bits per heavy atom. The first-order chi connectivity index (χ1) is 13.1. The molecule has 2 heterocycles. The van der Waals surface area contributed by atoms with E-state index in [9.17, 15) is 4.79 Å². The van der Waals surface area contributed by atoms with E-state index in [1.54, 1.807) is 0 Å². The number of benzene rings is 1. The number of H-pyrrole nitrogens is 1. The molecule has 0 bridgehead atoms. The number of imidazole rings is 1. The smallest absolute Gasteiger partial charge is 0.234 e. The summed E-state index contributed by atoms with van der Waals surface area (Å²) >= 11 is 6.07. The monoisotopic (exact) mass is 388 g/mol. The van der Waals surface area contributed by atoms with Crippen molar-refractivity contribution in [3.63, 3.8) is 0 Å². The van der Waals surface area contributed by atoms with Crippen LogP contribution in [-0.4, -0.2) is 46.5 Å². The third-order valence-corrected chi connectivity index (χ3v) is 6.50. The second-order valence-electron chi connectivity index (χ2n) is 8.27. The van der Waals surface area contributed by atoms with E-state index in [0.29, 0.717) is 24.4 Å². The largest absolute Gasteiger partial charge is 0.352 e. The van der Waals surface area contributed by atoms with Gasteiger partial charge in [0.15, 0.2) is 0 Å². The van der Waals surface area contributed by atoms with E-state index in [1.807, 2.05) is 18.2 Å². The van der Waals surface area contributed by atoms with Gasteiger partial charge in [0, 0.05) is 17.0 Å². The second kappa shape index (κ2) is 8.19. The molecule has 1 aliphatic carbocycles. The Hall–Kier alpha value is -1.59. The van der Waals surface area contributed by atoms with E-state index >= 15 is 0 Å². The maximum atomic E-state index is 12.4. The van der Waals surface area contributed by atoms with Crippen molar-refractivity contribution in [3.05, 3.63) is 29.0 Å². The van der Waals surface area contributed by atoms with Crippen LogP contribution in [0, 0.1) is 5.92 Å². The lowest BCUT2D eigenvalue weighted by Gasteiger charge is -2.33. The zero-order chi connectivity index (χ0) is 18.8. The van der Waals surface area contributed by atoms with Crippen LogP contribution in [0.5, 0.6) is 0 Å². The molecule has 1 saturated heterocycles. The van der Waals surface area contributed by atoms with Crippen LogP contribution in [0.15, 0.2) is 18.2 Å². The van der Waals surface area contributed by atoms with E-state index in [4.69, 9.17) is 16.6 Å². The Kier molecular flexibility index (Phi) is 5.69. The highest BCUT2D eigenvalue weighted by Crippen LogP contribution is 2.28. The predicted octanol–water partition coefficient (Wildman–Crippen LogP) is 4.09. The molecule has 5 nitrogen and oxygen atoms in total. The molecule has 6 heteroatoms. The number of fused-ring (bicyclic) bond motifs is 1. The van der Waals surface area contributed by atoms with Crippen LogP contribution in [0.2, 0.25) is 5.02 Å². The average Bonchev–Trinajstić information content (AvgIpc) is 3.07. The topological polar surface area (TPSA) is 61.0 Å². The van der Waals surface area contributed by atoms with Crippen LogP contribution in [0.4, 0.5) is 0 Å². The minimum atomic E-state index is 0.186. The van der Waals surface area contributed by atoms with Crippen LogP contribution in [0.1, 0.15) is 57.2 Å². The Morgan fingerprint density at radius 3 is 2.81 bits per heavy atom. The molecule has 0 spiro atoms. The quantitative estimate of drug-likeness (QED) is 0.829. The molecule has 0 unspecified atom stereocenters. The minimum absolute atomic E-state index is 0.186. The van der Waals surface area contributed by atoms with Gasteiger partial charge in [0.05, 0.1) is 17.6 Å². The molecule has 2 fully saturated rings. The van der Waals surface area contributed by atoms with Crippen molar-refractivity contribution < 1.29 is 4.79 Å². The summed E-state index contributed by atoms with van der Waals surface area (Å²) in [6.45, 7) is 4.66. The number of hydrogen-bond donors (Lipinski definition) is 2. The molecule has 2 aliphatic rings. The highest BCUT2D eigenvalue weighted by Gasteiger charge is 2.26. The number of hydrogen-bond acceptors (Lipinski definition) is 3. The van der Waals surface area contributed by atoms with E-state index in [1.165, 1.54) is 19.3 Å². The standard InChI is InChI=1S/C21H29ClN4O/c1-14-4-2-3-5-17(14)23-20(27)13-26-10-8-15(9-11-26)21-24-18-7-6-16(22)12-19(18)25-21/h6-7,12,14-15,17H,2-5,8-11,13H2,1H3,(H,23,27)(H,24,25)/t14-,17-/m1/s1. The first kappa shape index (κ1) is 18.8. The lowest BCUT2D eigenvalue weighted by molar-refractivity contribution is -0.123. The molecular formula is C21H29ClN4O. The van der Waals surface area contributed by atoms with Crippen LogP contribution in [-0.2, 0) is 4.79 Å². The predicted molar refractivity (Wildman–Crippen MR) is 109 cm³/mol. The van der Waals surface area contributed by atoms with Crippen molar-refractivity contribution in [2.75, 3.05) is 19.6 Å². The van der Waals surface area contributed by atoms with Gasteiger partial charge in [-0.05, 0) is 62.9 Å². The van der Waals surface area contributed by atoms with Crippen LogP contribution >= 0.6 is 11.6 Å². The molecule has 2 atom stereocenters. The molecule has 1 saturated carbocycles. The van der Waals surface area contributed by atoms with Crippen molar-refractivity contribution in [1.29, 1.82) is 0 Å². The lowest BCUT2D eigenvalue weighted by atomic mass is 9.86. The number of amides is 1. The minimum Gasteiger partial charge on any atom is -0.352 e. The molecular weight excluding hydrogens is 360 g/mol. The van der Waals surface area contributed by atoms with E-state index in [0.717, 1.165) is 54.2 Å². The first-order valence-electron chi connectivity index (χ1n) is 10.3. The number of likely N-dealkylation sites (tertiary alicyclic amines) is 1. The van der Waals surface area contributed by atoms with Gasteiger partial charge in [0.2, 0.25) is 5.91 Å². The molecule has 1 aromatic heterocycles. The fourth-order valence-corrected chi connectivity index (χ4v) is 4.72. The zero-order valence-corrected chi connectivity index (χ0v) is 16.8. The SMILES string of the molecule is C[C@@H]1CCCC[C@H]1NC(=O)CN1CCC(c2nc3ccc(Cl)cc3[nH]2)CC1. The third-order valence-electron chi connectivity index (χ3n) is 6.26. The van der Waals surface area contributed by atoms with Gasteiger partial charge in [-0.15, -0.1) is 0 Å². The molecule has 4 rings (SSSR count). The van der Waals surface area contributed by atoms with Gasteiger partial charge in [-0.3, -0.25) is 9.69 Å². The normalized spacial score (nSPS) is 25.0. The number of nitrogens with one attached hydrogen (secondary N) is 2. The molecule has 2 aromatic rings. The number of rotatable bonds is 4. The summed E-state index contributed by atoms with van der Waals surface area (Å²) in [5, 5.41) is 4.00. The van der Waals surface area contributed by atoms with E-state index in [2.05, 4.69) is 22.1 Å². The molecule has 0 radical (unpaired) electrons. The molecule has 1 aliphatic heterocycles. The number of carbonyl (C=O) groups is 1. The fourth-order valence-electron chi connectivity index (χ4n) is 4.55. The number of nitrogens with zero attached hydrogens (tertiary/aromatic N) is 2. The summed E-state index contributed by atoms with van der Waals surface area (Å²) < 4.78 is 0. The molecule has 27 heavy (non-hydrogen) atoms. The van der Waals surface area contributed by atoms with E-state index in [-0.39, 0.29) is 5.91 Å². The van der Waals surface area contributed by atoms with Gasteiger partial charge in [-0.25, -0.2) is 4.98 Å². The average molecular weight is 389 g/mol. The molecule has 146 valence electrons. The van der Waals surface area contributed by atoms with Crippen LogP contribution in [0.3, 0.4) is 0 Å². The van der Waals surface area contributed by atoms with Crippen LogP contribution in [0.25, 0.3) is 11.0 Å². The number of halogens is 1. The maximum absolute atomic E-state index is 12.4. The number of aromatic amines is 1. The van der Waals surface area contributed by atoms with Crippen molar-refractivity contribution >= 4 is 28.5 Å². The Morgan fingerprint density at radius 2 is 2.04 bits per heavy atom. The Labute approximate surface area is 165 Å². The van der Waals surface area contributed by atoms with Crippen molar-refractivity contribution in [1.82, 2.24) is 20.2 Å². The summed E-state index contributed by atoms with van der Waals surface area (Å²) in [5.74, 6) is 2.27. The number of carbonyl (C=O) groups excluding carboxylic acids is 1. The van der Waals surface area contributed by atoms with Gasteiger partial charge >= 0.3 is 0 Å². The van der Waals surface area contributed by atoms with Gasteiger partial charge in [-0.2, -0.15) is 0 Å². The fraction of sp³-hybridized carbons (Fsp3) is 0.619. The summed E-state index contributed by atoms with van der Waals surface area (Å²) in [5.41, 5.74) is 1.97. The first-order valence-corrected chi connectivity index (χ1v) is 10.6. The van der Waals surface area contributed by atoms with Crippen molar-refractivity contribution in [3.8, 4) is 0 Å². The highest BCUT2D eigenvalue weighted by atomic mass is 35.5. The summed E-state index contributed by atoms with van der Waals surface area (Å²) in [4.78, 5) is 22.9. The highest BCUT2D eigenvalue weighted by molar-refractivity contribution is 6.31. The van der Waals surface area contributed by atoms with Gasteiger partial charge in [0.25, 0.3) is 0 Å². The number of piperidine rings is 1.